The first-order chi connectivity index (χ1) is 16.2. The maximum atomic E-state index is 12.4. The van der Waals surface area contributed by atoms with Crippen LogP contribution in [0.15, 0.2) is 0 Å². The lowest BCUT2D eigenvalue weighted by atomic mass is 9.94. The topological polar surface area (TPSA) is 193 Å². The van der Waals surface area contributed by atoms with Gasteiger partial charge in [0.15, 0.2) is 18.3 Å². The first kappa shape index (κ1) is 26.3. The molecular weight excluding hydrogens is 456 g/mol. The van der Waals surface area contributed by atoms with Crippen LogP contribution in [-0.2, 0) is 19.0 Å². The molecule has 13 nitrogen and oxygen atoms in total. The van der Waals surface area contributed by atoms with E-state index in [-0.39, 0.29) is 0 Å². The van der Waals surface area contributed by atoms with Crippen LogP contribution >= 0.6 is 0 Å². The molecule has 4 aliphatic rings. The summed E-state index contributed by atoms with van der Waals surface area (Å²) in [6.07, 6.45) is -11.8. The highest BCUT2D eigenvalue weighted by Crippen LogP contribution is 2.45. The van der Waals surface area contributed by atoms with Gasteiger partial charge in [-0.2, -0.15) is 0 Å². The summed E-state index contributed by atoms with van der Waals surface area (Å²) in [6, 6.07) is 0. The molecule has 7 N–H and O–H groups in total. The second-order valence-electron chi connectivity index (χ2n) is 9.69. The van der Waals surface area contributed by atoms with Crippen molar-refractivity contribution in [1.82, 2.24) is 9.80 Å². The van der Waals surface area contributed by atoms with Gasteiger partial charge in [-0.05, 0) is 19.8 Å². The van der Waals surface area contributed by atoms with Crippen molar-refractivity contribution in [1.29, 1.82) is 0 Å². The smallest absolute Gasteiger partial charge is 0.188 e. The Balaban J connectivity index is 1.68. The van der Waals surface area contributed by atoms with E-state index in [9.17, 15) is 40.5 Å². The molecular formula is C21H36N2O11. The first-order valence-electron chi connectivity index (χ1n) is 11.8. The van der Waals surface area contributed by atoms with Crippen molar-refractivity contribution in [3.63, 3.8) is 0 Å². The van der Waals surface area contributed by atoms with Crippen LogP contribution < -0.4 is 0 Å². The monoisotopic (exact) mass is 492 g/mol. The quantitative estimate of drug-likeness (QED) is 0.178. The van der Waals surface area contributed by atoms with Gasteiger partial charge in [0.1, 0.15) is 61.2 Å². The minimum absolute atomic E-state index is 0.592. The summed E-state index contributed by atoms with van der Waals surface area (Å²) in [5.41, 5.74) is -1.64. The summed E-state index contributed by atoms with van der Waals surface area (Å²) in [4.78, 5) is 15.7. The highest BCUT2D eigenvalue weighted by molar-refractivity contribution is 5.57. The summed E-state index contributed by atoms with van der Waals surface area (Å²) in [6.45, 7) is 2.00. The minimum Gasteiger partial charge on any atom is -0.394 e. The standard InChI is InChI=1S/C21H36N2O11/c1-21-18(31)15(29)14(28)17(34-21)19(23(21)11(9-25)22-6-4-2-3-5-7-22)33-20-16(30)13(27)12(26)10(8-24)32-20/h9-20,24,26-31H,2-8H2,1H3/t10-,11?,12+,13-,14-,15-,16+,17+,18-,19+,20+,21-/m0/s1. The zero-order valence-corrected chi connectivity index (χ0v) is 19.0. The predicted molar refractivity (Wildman–Crippen MR) is 112 cm³/mol. The van der Waals surface area contributed by atoms with Crippen LogP contribution in [0.25, 0.3) is 0 Å². The zero-order chi connectivity index (χ0) is 24.8. The molecule has 13 heteroatoms. The lowest BCUT2D eigenvalue weighted by molar-refractivity contribution is -0.327. The van der Waals surface area contributed by atoms with Crippen LogP contribution in [0.2, 0.25) is 0 Å². The molecule has 0 spiro atoms. The third-order valence-corrected chi connectivity index (χ3v) is 7.54. The Morgan fingerprint density at radius 1 is 0.971 bits per heavy atom. The maximum Gasteiger partial charge on any atom is 0.188 e. The number of rotatable bonds is 6. The molecule has 1 unspecified atom stereocenters. The molecule has 4 rings (SSSR count). The van der Waals surface area contributed by atoms with Crippen molar-refractivity contribution in [2.45, 2.75) is 106 Å². The molecule has 0 aromatic heterocycles. The molecule has 4 aliphatic heterocycles. The highest BCUT2D eigenvalue weighted by Gasteiger charge is 2.67. The second kappa shape index (κ2) is 10.3. The lowest BCUT2D eigenvalue weighted by Gasteiger charge is -2.47. The average molecular weight is 493 g/mol. The molecule has 0 aromatic rings. The normalized spacial score (nSPS) is 49.5. The van der Waals surface area contributed by atoms with Gasteiger partial charge in [0, 0.05) is 13.1 Å². The van der Waals surface area contributed by atoms with Crippen molar-refractivity contribution in [3.8, 4) is 0 Å². The first-order valence-corrected chi connectivity index (χ1v) is 11.8. The number of hydrogen-bond acceptors (Lipinski definition) is 13. The third kappa shape index (κ3) is 4.31. The Morgan fingerprint density at radius 2 is 1.62 bits per heavy atom. The van der Waals surface area contributed by atoms with E-state index in [0.29, 0.717) is 19.4 Å². The van der Waals surface area contributed by atoms with E-state index in [2.05, 4.69) is 0 Å². The fourth-order valence-corrected chi connectivity index (χ4v) is 5.52. The van der Waals surface area contributed by atoms with Crippen LogP contribution in [0.4, 0.5) is 0 Å². The van der Waals surface area contributed by atoms with Crippen LogP contribution in [0, 0.1) is 0 Å². The second-order valence-corrected chi connectivity index (χ2v) is 9.69. The zero-order valence-electron chi connectivity index (χ0n) is 19.0. The highest BCUT2D eigenvalue weighted by atomic mass is 16.7. The van der Waals surface area contributed by atoms with Crippen LogP contribution in [0.5, 0.6) is 0 Å². The van der Waals surface area contributed by atoms with Crippen molar-refractivity contribution < 1.29 is 54.8 Å². The Morgan fingerprint density at radius 3 is 2.21 bits per heavy atom. The molecule has 34 heavy (non-hydrogen) atoms. The summed E-state index contributed by atoms with van der Waals surface area (Å²) in [5, 5.41) is 72.2. The third-order valence-electron chi connectivity index (χ3n) is 7.54. The Labute approximate surface area is 197 Å². The molecule has 0 saturated carbocycles. The van der Waals surface area contributed by atoms with Gasteiger partial charge in [0.25, 0.3) is 0 Å². The number of aldehydes is 1. The SMILES string of the molecule is C[C@]12O[C@H]([C@@H](O)[C@H](O)[C@@H]1O)[C@@H](O[C@H]1O[C@@H](CO)[C@@H](O)[C@H](O)[C@H]1O)N2C(C=O)N1CCCCCC1. The van der Waals surface area contributed by atoms with E-state index >= 15 is 0 Å². The Hall–Kier alpha value is -0.810. The fourth-order valence-electron chi connectivity index (χ4n) is 5.52. The van der Waals surface area contributed by atoms with Crippen molar-refractivity contribution >= 4 is 6.29 Å². The number of fused-ring (bicyclic) bond motifs is 2. The molecule has 2 bridgehead atoms. The number of nitrogens with zero attached hydrogens (tertiary/aromatic N) is 2. The van der Waals surface area contributed by atoms with Crippen LogP contribution in [-0.4, -0.2) is 145 Å². The number of hydrogen-bond donors (Lipinski definition) is 7. The Bertz CT molecular complexity index is 708. The number of ether oxygens (including phenoxy) is 3. The van der Waals surface area contributed by atoms with Gasteiger partial charge >= 0.3 is 0 Å². The van der Waals surface area contributed by atoms with Crippen LogP contribution in [0.3, 0.4) is 0 Å². The summed E-state index contributed by atoms with van der Waals surface area (Å²) in [7, 11) is 0. The van der Waals surface area contributed by atoms with E-state index in [1.54, 1.807) is 0 Å². The van der Waals surface area contributed by atoms with Crippen molar-refractivity contribution in [2.24, 2.45) is 0 Å². The van der Waals surface area contributed by atoms with Crippen LogP contribution in [0.1, 0.15) is 32.6 Å². The Kier molecular flexibility index (Phi) is 7.94. The van der Waals surface area contributed by atoms with E-state index < -0.39 is 79.8 Å². The number of aliphatic hydroxyl groups excluding tert-OH is 7. The van der Waals surface area contributed by atoms with Gasteiger partial charge in [0.05, 0.1) is 6.61 Å². The molecule has 4 heterocycles. The average Bonchev–Trinajstić information content (AvgIpc) is 2.97. The fraction of sp³-hybridized carbons (Fsp3) is 0.952. The molecule has 196 valence electrons. The number of likely N-dealkylation sites (tertiary alicyclic amines) is 2. The summed E-state index contributed by atoms with van der Waals surface area (Å²) < 4.78 is 17.4. The molecule has 0 radical (unpaired) electrons. The van der Waals surface area contributed by atoms with Gasteiger partial charge < -0.3 is 54.8 Å². The minimum atomic E-state index is -1.73. The number of aliphatic hydroxyl groups is 7. The van der Waals surface area contributed by atoms with Crippen molar-refractivity contribution in [3.05, 3.63) is 0 Å². The van der Waals surface area contributed by atoms with E-state index in [1.807, 2.05) is 4.90 Å². The van der Waals surface area contributed by atoms with E-state index in [4.69, 9.17) is 14.2 Å². The molecule has 0 aliphatic carbocycles. The summed E-state index contributed by atoms with van der Waals surface area (Å²) in [5.74, 6) is 0. The van der Waals surface area contributed by atoms with Gasteiger partial charge in [-0.25, -0.2) is 4.90 Å². The van der Waals surface area contributed by atoms with Gasteiger partial charge in [-0.1, -0.05) is 12.8 Å². The number of carbonyl (C=O) groups is 1. The van der Waals surface area contributed by atoms with Gasteiger partial charge in [-0.15, -0.1) is 0 Å². The van der Waals surface area contributed by atoms with Gasteiger partial charge in [-0.3, -0.25) is 4.90 Å². The van der Waals surface area contributed by atoms with Gasteiger partial charge in [0.2, 0.25) is 0 Å². The van der Waals surface area contributed by atoms with Crippen molar-refractivity contribution in [2.75, 3.05) is 19.7 Å². The molecule has 12 atom stereocenters. The molecule has 0 aromatic carbocycles. The maximum absolute atomic E-state index is 12.4. The molecule has 4 fully saturated rings. The number of carbonyl (C=O) groups excluding carboxylic acids is 1. The predicted octanol–water partition coefficient (Wildman–Crippen LogP) is -3.96. The van der Waals surface area contributed by atoms with E-state index in [0.717, 1.165) is 25.7 Å². The molecule has 0 amide bonds. The molecule has 4 saturated heterocycles. The van der Waals surface area contributed by atoms with E-state index in [1.165, 1.54) is 11.8 Å². The largest absolute Gasteiger partial charge is 0.394 e. The lowest BCUT2D eigenvalue weighted by Crippen LogP contribution is -2.66. The summed E-state index contributed by atoms with van der Waals surface area (Å²) >= 11 is 0.